The summed E-state index contributed by atoms with van der Waals surface area (Å²) in [5.74, 6) is -8.98. The molecule has 1 heterocycles. The van der Waals surface area contributed by atoms with Crippen molar-refractivity contribution in [2.45, 2.75) is 17.0 Å². The van der Waals surface area contributed by atoms with Gasteiger partial charge in [-0.2, -0.15) is 27.2 Å². The predicted octanol–water partition coefficient (Wildman–Crippen LogP) is 3.78. The van der Waals surface area contributed by atoms with Crippen LogP contribution in [0.4, 0.5) is 36.4 Å². The van der Waals surface area contributed by atoms with Gasteiger partial charge in [-0.15, -0.1) is 0 Å². The Bertz CT molecular complexity index is 1330. The lowest BCUT2D eigenvalue weighted by Crippen LogP contribution is -2.49. The summed E-state index contributed by atoms with van der Waals surface area (Å²) in [7, 11) is -3.89. The Balaban J connectivity index is 1.83. The predicted molar refractivity (Wildman–Crippen MR) is 115 cm³/mol. The highest BCUT2D eigenvalue weighted by Crippen LogP contribution is 2.36. The van der Waals surface area contributed by atoms with Gasteiger partial charge in [0.15, 0.2) is 16.4 Å². The summed E-state index contributed by atoms with van der Waals surface area (Å²) in [5, 5.41) is 8.79. The molecule has 1 aliphatic rings. The lowest BCUT2D eigenvalue weighted by molar-refractivity contribution is -0.290. The molecule has 1 fully saturated rings. The lowest BCUT2D eigenvalue weighted by atomic mass is 10.1. The molecule has 15 heteroatoms. The zero-order valence-electron chi connectivity index (χ0n) is 19.0. The van der Waals surface area contributed by atoms with E-state index >= 15 is 0 Å². The van der Waals surface area contributed by atoms with Gasteiger partial charge in [-0.3, -0.25) is 4.79 Å². The largest absolute Gasteiger partial charge is 0.486 e. The third-order valence-corrected chi connectivity index (χ3v) is 6.61. The van der Waals surface area contributed by atoms with Gasteiger partial charge in [-0.1, -0.05) is 0 Å². The molecule has 0 spiro atoms. The molecule has 200 valence electrons. The summed E-state index contributed by atoms with van der Waals surface area (Å²) in [5.41, 5.74) is -1.21. The van der Waals surface area contributed by atoms with Crippen molar-refractivity contribution in [3.05, 3.63) is 53.1 Å². The molecule has 3 rings (SSSR count). The average Bonchev–Trinajstić information content (AvgIpc) is 2.81. The number of nitriles is 1. The smallest absolute Gasteiger partial charge is 0.456 e. The third kappa shape index (κ3) is 6.07. The Hall–Kier alpha value is -3.54. The quantitative estimate of drug-likeness (QED) is 0.506. The van der Waals surface area contributed by atoms with E-state index in [1.54, 1.807) is 0 Å². The Morgan fingerprint density at radius 2 is 1.59 bits per heavy atom. The highest BCUT2D eigenvalue weighted by Gasteiger charge is 2.58. The van der Waals surface area contributed by atoms with Crippen molar-refractivity contribution in [1.29, 1.82) is 5.26 Å². The van der Waals surface area contributed by atoms with Crippen molar-refractivity contribution in [3.63, 3.8) is 0 Å². The monoisotopic (exact) mass is 553 g/mol. The van der Waals surface area contributed by atoms with Gasteiger partial charge < -0.3 is 14.5 Å². The average molecular weight is 553 g/mol. The number of benzene rings is 2. The molecule has 0 aliphatic carbocycles. The standard InChI is InChI=1S/C22H18F7N3O4S/c1-37(34,35)14-2-3-19(36-12-21(25,26)22(27,28)29)15(10-14)20(33)32-6-4-31(5-7-32)13-8-17(23)16(11-30)18(24)9-13/h2-3,8-10H,4-7,12H2,1H3. The molecule has 0 N–H and O–H groups in total. The maximum absolute atomic E-state index is 14.0. The first-order valence-corrected chi connectivity index (χ1v) is 12.3. The first-order chi connectivity index (χ1) is 17.0. The topological polar surface area (TPSA) is 90.7 Å². The summed E-state index contributed by atoms with van der Waals surface area (Å²) < 4.78 is 121. The molecule has 1 aliphatic heterocycles. The van der Waals surface area contributed by atoms with Gasteiger partial charge >= 0.3 is 12.1 Å². The first kappa shape index (κ1) is 28.0. The van der Waals surface area contributed by atoms with E-state index in [1.807, 2.05) is 0 Å². The molecule has 0 bridgehead atoms. The van der Waals surface area contributed by atoms with Crippen LogP contribution in [0.5, 0.6) is 5.75 Å². The maximum atomic E-state index is 14.0. The molecule has 0 atom stereocenters. The second kappa shape index (κ2) is 10.1. The SMILES string of the molecule is CS(=O)(=O)c1ccc(OCC(F)(F)C(F)(F)F)c(C(=O)N2CCN(c3cc(F)c(C#N)c(F)c3)CC2)c1. The highest BCUT2D eigenvalue weighted by molar-refractivity contribution is 7.90. The number of carbonyl (C=O) groups excluding carboxylic acids is 1. The molecule has 2 aromatic carbocycles. The van der Waals surface area contributed by atoms with E-state index in [9.17, 15) is 43.9 Å². The fourth-order valence-electron chi connectivity index (χ4n) is 3.47. The van der Waals surface area contributed by atoms with Crippen molar-refractivity contribution < 1.29 is 48.7 Å². The molecule has 0 saturated carbocycles. The normalized spacial score (nSPS) is 14.9. The number of hydrogen-bond acceptors (Lipinski definition) is 6. The molecule has 1 saturated heterocycles. The second-order valence-electron chi connectivity index (χ2n) is 8.10. The first-order valence-electron chi connectivity index (χ1n) is 10.4. The van der Waals surface area contributed by atoms with E-state index in [1.165, 1.54) is 11.0 Å². The van der Waals surface area contributed by atoms with Crippen LogP contribution in [0.3, 0.4) is 0 Å². The summed E-state index contributed by atoms with van der Waals surface area (Å²) in [6, 6.07) is 5.82. The minimum Gasteiger partial charge on any atom is -0.486 e. The second-order valence-corrected chi connectivity index (χ2v) is 10.1. The number of alkyl halides is 5. The number of sulfone groups is 1. The number of halogens is 7. The van der Waals surface area contributed by atoms with Crippen LogP contribution in [0.2, 0.25) is 0 Å². The van der Waals surface area contributed by atoms with Gasteiger partial charge in [-0.05, 0) is 30.3 Å². The van der Waals surface area contributed by atoms with Crippen molar-refractivity contribution in [2.75, 3.05) is 43.9 Å². The Kier molecular flexibility index (Phi) is 7.64. The molecular formula is C22H18F7N3O4S. The van der Waals surface area contributed by atoms with Crippen LogP contribution >= 0.6 is 0 Å². The van der Waals surface area contributed by atoms with Crippen LogP contribution < -0.4 is 9.64 Å². The van der Waals surface area contributed by atoms with E-state index in [0.717, 1.165) is 41.5 Å². The van der Waals surface area contributed by atoms with Gasteiger partial charge in [0.1, 0.15) is 29.0 Å². The molecular weight excluding hydrogens is 535 g/mol. The van der Waals surface area contributed by atoms with Crippen LogP contribution in [0.1, 0.15) is 15.9 Å². The van der Waals surface area contributed by atoms with Crippen LogP contribution in [0.15, 0.2) is 35.2 Å². The van der Waals surface area contributed by atoms with Crippen LogP contribution in [-0.4, -0.2) is 70.4 Å². The van der Waals surface area contributed by atoms with Crippen molar-refractivity contribution in [1.82, 2.24) is 4.90 Å². The summed E-state index contributed by atoms with van der Waals surface area (Å²) in [4.78, 5) is 15.4. The van der Waals surface area contributed by atoms with E-state index in [0.29, 0.717) is 0 Å². The summed E-state index contributed by atoms with van der Waals surface area (Å²) >= 11 is 0. The Morgan fingerprint density at radius 3 is 2.08 bits per heavy atom. The number of ether oxygens (including phenoxy) is 1. The highest BCUT2D eigenvalue weighted by atomic mass is 32.2. The van der Waals surface area contributed by atoms with Crippen molar-refractivity contribution in [2.24, 2.45) is 0 Å². The zero-order valence-corrected chi connectivity index (χ0v) is 19.8. The lowest BCUT2D eigenvalue weighted by Gasteiger charge is -2.36. The molecule has 2 aromatic rings. The number of amides is 1. The molecule has 7 nitrogen and oxygen atoms in total. The fourth-order valence-corrected chi connectivity index (χ4v) is 4.12. The number of piperazine rings is 1. The summed E-state index contributed by atoms with van der Waals surface area (Å²) in [6.07, 6.45) is -5.10. The molecule has 1 amide bonds. The zero-order chi connectivity index (χ0) is 27.8. The molecule has 0 aromatic heterocycles. The van der Waals surface area contributed by atoms with E-state index in [2.05, 4.69) is 4.74 Å². The van der Waals surface area contributed by atoms with Crippen molar-refractivity contribution >= 4 is 21.4 Å². The number of nitrogens with zero attached hydrogens (tertiary/aromatic N) is 3. The van der Waals surface area contributed by atoms with Gasteiger partial charge in [0.05, 0.1) is 10.5 Å². The minimum atomic E-state index is -5.91. The number of hydrogen-bond donors (Lipinski definition) is 0. The van der Waals surface area contributed by atoms with Gasteiger partial charge in [0.2, 0.25) is 0 Å². The molecule has 0 radical (unpaired) electrons. The van der Waals surface area contributed by atoms with Crippen LogP contribution in [-0.2, 0) is 9.84 Å². The number of anilines is 1. The van der Waals surface area contributed by atoms with Gasteiger partial charge in [-0.25, -0.2) is 17.2 Å². The minimum absolute atomic E-state index is 0.0324. The molecule has 37 heavy (non-hydrogen) atoms. The summed E-state index contributed by atoms with van der Waals surface area (Å²) in [6.45, 7) is -2.24. The van der Waals surface area contributed by atoms with Gasteiger partial charge in [0, 0.05) is 38.1 Å². The number of rotatable bonds is 6. The van der Waals surface area contributed by atoms with Crippen LogP contribution in [0, 0.1) is 23.0 Å². The fraction of sp³-hybridized carbons (Fsp3) is 0.364. The van der Waals surface area contributed by atoms with Gasteiger partial charge in [0.25, 0.3) is 5.91 Å². The van der Waals surface area contributed by atoms with Crippen molar-refractivity contribution in [3.8, 4) is 11.8 Å². The maximum Gasteiger partial charge on any atom is 0.456 e. The third-order valence-electron chi connectivity index (χ3n) is 5.50. The van der Waals surface area contributed by atoms with Crippen LogP contribution in [0.25, 0.3) is 0 Å². The van der Waals surface area contributed by atoms with E-state index in [-0.39, 0.29) is 31.9 Å². The van der Waals surface area contributed by atoms with E-state index < -0.39 is 67.9 Å². The molecule has 0 unspecified atom stereocenters. The number of carbonyl (C=O) groups is 1. The Morgan fingerprint density at radius 1 is 1.03 bits per heavy atom. The van der Waals surface area contributed by atoms with E-state index in [4.69, 9.17) is 5.26 Å². The Labute approximate surface area is 206 Å².